The number of amides is 1. The van der Waals surface area contributed by atoms with Crippen LogP contribution in [0.15, 0.2) is 24.4 Å². The second kappa shape index (κ2) is 6.22. The van der Waals surface area contributed by atoms with Crippen molar-refractivity contribution in [2.45, 2.75) is 49.3 Å². The summed E-state index contributed by atoms with van der Waals surface area (Å²) in [4.78, 5) is 22.0. The zero-order valence-electron chi connectivity index (χ0n) is 15.4. The van der Waals surface area contributed by atoms with E-state index in [9.17, 15) is 4.79 Å². The summed E-state index contributed by atoms with van der Waals surface area (Å²) in [6.45, 7) is 3.45. The second-order valence-corrected chi connectivity index (χ2v) is 11.0. The first kappa shape index (κ1) is 17.0. The molecule has 2 atom stereocenters. The maximum absolute atomic E-state index is 13.1. The van der Waals surface area contributed by atoms with E-state index in [4.69, 9.17) is 0 Å². The molecular formula is C21H28BrN3O. The van der Waals surface area contributed by atoms with Gasteiger partial charge in [0, 0.05) is 43.1 Å². The predicted molar refractivity (Wildman–Crippen MR) is 106 cm³/mol. The lowest BCUT2D eigenvalue weighted by Crippen LogP contribution is -2.55. The van der Waals surface area contributed by atoms with Gasteiger partial charge in [0.05, 0.1) is 0 Å². The largest absolute Gasteiger partial charge is 0.353 e. The van der Waals surface area contributed by atoms with Gasteiger partial charge in [-0.15, -0.1) is 0 Å². The molecule has 140 valence electrons. The molecule has 0 radical (unpaired) electrons. The molecule has 2 unspecified atom stereocenters. The number of alkyl halides is 1. The third-order valence-electron chi connectivity index (χ3n) is 7.24. The van der Waals surface area contributed by atoms with Crippen LogP contribution in [-0.2, 0) is 4.79 Å². The smallest absolute Gasteiger partial charge is 0.223 e. The zero-order chi connectivity index (χ0) is 17.8. The molecule has 5 heteroatoms. The molecule has 5 fully saturated rings. The van der Waals surface area contributed by atoms with E-state index in [2.05, 4.69) is 36.8 Å². The lowest BCUT2D eigenvalue weighted by Gasteiger charge is -2.60. The molecule has 1 aromatic heterocycles. The average Bonchev–Trinajstić information content (AvgIpc) is 2.60. The molecule has 6 rings (SSSR count). The number of pyridine rings is 1. The minimum Gasteiger partial charge on any atom is -0.353 e. The first-order chi connectivity index (χ1) is 12.5. The number of halogens is 1. The maximum atomic E-state index is 13.1. The average molecular weight is 418 g/mol. The van der Waals surface area contributed by atoms with Gasteiger partial charge >= 0.3 is 0 Å². The number of hydrogen-bond donors (Lipinski definition) is 0. The van der Waals surface area contributed by atoms with E-state index in [-0.39, 0.29) is 5.41 Å². The van der Waals surface area contributed by atoms with Gasteiger partial charge in [-0.3, -0.25) is 4.79 Å². The summed E-state index contributed by atoms with van der Waals surface area (Å²) in [5.41, 5.74) is 0.281. The second-order valence-electron chi connectivity index (χ2n) is 9.34. The van der Waals surface area contributed by atoms with Gasteiger partial charge in [0.15, 0.2) is 0 Å². The van der Waals surface area contributed by atoms with E-state index < -0.39 is 0 Å². The van der Waals surface area contributed by atoms with Crippen LogP contribution < -0.4 is 4.90 Å². The fraction of sp³-hybridized carbons (Fsp3) is 0.714. The Morgan fingerprint density at radius 1 is 1.12 bits per heavy atom. The van der Waals surface area contributed by atoms with Crippen molar-refractivity contribution in [2.75, 3.05) is 31.1 Å². The highest BCUT2D eigenvalue weighted by Gasteiger charge is 2.57. The fourth-order valence-electron chi connectivity index (χ4n) is 6.70. The molecule has 4 aliphatic carbocycles. The van der Waals surface area contributed by atoms with Crippen LogP contribution in [0.2, 0.25) is 0 Å². The van der Waals surface area contributed by atoms with E-state index in [0.29, 0.717) is 10.2 Å². The lowest BCUT2D eigenvalue weighted by molar-refractivity contribution is -0.138. The Bertz CT molecular complexity index is 672. The van der Waals surface area contributed by atoms with Gasteiger partial charge in [-0.1, -0.05) is 22.0 Å². The Morgan fingerprint density at radius 2 is 1.85 bits per heavy atom. The van der Waals surface area contributed by atoms with Crippen molar-refractivity contribution < 1.29 is 4.79 Å². The van der Waals surface area contributed by atoms with Crippen LogP contribution in [0.5, 0.6) is 0 Å². The number of anilines is 1. The Kier molecular flexibility index (Phi) is 4.07. The molecule has 0 spiro atoms. The van der Waals surface area contributed by atoms with Crippen molar-refractivity contribution >= 4 is 27.7 Å². The summed E-state index contributed by atoms with van der Waals surface area (Å²) in [5, 5.41) is 0. The fourth-order valence-corrected chi connectivity index (χ4v) is 8.21. The van der Waals surface area contributed by atoms with Crippen molar-refractivity contribution in [3.05, 3.63) is 24.4 Å². The molecule has 4 bridgehead atoms. The molecule has 5 aliphatic rings. The third-order valence-corrected chi connectivity index (χ3v) is 8.17. The van der Waals surface area contributed by atoms with Gasteiger partial charge in [0.1, 0.15) is 5.82 Å². The molecular weight excluding hydrogens is 390 g/mol. The van der Waals surface area contributed by atoms with E-state index in [1.165, 1.54) is 38.5 Å². The maximum Gasteiger partial charge on any atom is 0.223 e. The summed E-state index contributed by atoms with van der Waals surface area (Å²) in [5.74, 6) is 3.12. The molecule has 4 saturated carbocycles. The highest BCUT2D eigenvalue weighted by atomic mass is 79.9. The highest BCUT2D eigenvalue weighted by Crippen LogP contribution is 2.65. The van der Waals surface area contributed by atoms with Gasteiger partial charge in [0.2, 0.25) is 5.91 Å². The number of piperazine rings is 1. The molecule has 1 saturated heterocycles. The van der Waals surface area contributed by atoms with Gasteiger partial charge in [-0.25, -0.2) is 4.98 Å². The monoisotopic (exact) mass is 417 g/mol. The molecule has 0 aromatic carbocycles. The van der Waals surface area contributed by atoms with Gasteiger partial charge in [-0.2, -0.15) is 0 Å². The van der Waals surface area contributed by atoms with Crippen molar-refractivity contribution in [1.29, 1.82) is 0 Å². The SMILES string of the molecule is O=C(CC12CC3CC(CC(Br)(C3)C1)C2)N1CCN(c2ccccn2)CC1. The lowest BCUT2D eigenvalue weighted by atomic mass is 9.48. The van der Waals surface area contributed by atoms with Crippen LogP contribution in [-0.4, -0.2) is 46.3 Å². The highest BCUT2D eigenvalue weighted by molar-refractivity contribution is 9.10. The summed E-state index contributed by atoms with van der Waals surface area (Å²) in [6.07, 6.45) is 10.5. The predicted octanol–water partition coefficient (Wildman–Crippen LogP) is 3.85. The van der Waals surface area contributed by atoms with Crippen LogP contribution >= 0.6 is 15.9 Å². The van der Waals surface area contributed by atoms with Gasteiger partial charge in [-0.05, 0) is 67.9 Å². The molecule has 4 nitrogen and oxygen atoms in total. The molecule has 0 N–H and O–H groups in total. The number of rotatable bonds is 3. The van der Waals surface area contributed by atoms with Crippen LogP contribution in [0.25, 0.3) is 0 Å². The van der Waals surface area contributed by atoms with Crippen LogP contribution in [0.4, 0.5) is 5.82 Å². The molecule has 1 aliphatic heterocycles. The van der Waals surface area contributed by atoms with Gasteiger partial charge < -0.3 is 9.80 Å². The van der Waals surface area contributed by atoms with Crippen molar-refractivity contribution in [3.8, 4) is 0 Å². The van der Waals surface area contributed by atoms with E-state index in [1.54, 1.807) is 0 Å². The first-order valence-electron chi connectivity index (χ1n) is 10.2. The number of nitrogens with zero attached hydrogens (tertiary/aromatic N) is 3. The minimum absolute atomic E-state index is 0.281. The number of hydrogen-bond acceptors (Lipinski definition) is 3. The van der Waals surface area contributed by atoms with Crippen molar-refractivity contribution in [3.63, 3.8) is 0 Å². The number of aromatic nitrogens is 1. The Labute approximate surface area is 164 Å². The van der Waals surface area contributed by atoms with E-state index in [1.807, 2.05) is 18.3 Å². The summed E-state index contributed by atoms with van der Waals surface area (Å²) in [6, 6.07) is 6.04. The number of carbonyl (C=O) groups is 1. The van der Waals surface area contributed by atoms with E-state index in [0.717, 1.165) is 50.3 Å². The van der Waals surface area contributed by atoms with Crippen LogP contribution in [0, 0.1) is 17.3 Å². The van der Waals surface area contributed by atoms with Gasteiger partial charge in [0.25, 0.3) is 0 Å². The molecule has 26 heavy (non-hydrogen) atoms. The molecule has 2 heterocycles. The Balaban J connectivity index is 1.22. The standard InChI is InChI=1S/C21H28BrN3O/c22-21-12-16-9-17(13-21)11-20(10-16,15-21)14-19(26)25-7-5-24(6-8-25)18-3-1-2-4-23-18/h1-4,16-17H,5-15H2. The molecule has 1 aromatic rings. The Hall–Kier alpha value is -1.10. The molecule has 1 amide bonds. The first-order valence-corrected chi connectivity index (χ1v) is 10.9. The quantitative estimate of drug-likeness (QED) is 0.700. The zero-order valence-corrected chi connectivity index (χ0v) is 17.0. The summed E-state index contributed by atoms with van der Waals surface area (Å²) >= 11 is 4.07. The third kappa shape index (κ3) is 3.06. The van der Waals surface area contributed by atoms with E-state index >= 15 is 0 Å². The van der Waals surface area contributed by atoms with Crippen molar-refractivity contribution in [1.82, 2.24) is 9.88 Å². The summed E-state index contributed by atoms with van der Waals surface area (Å²) in [7, 11) is 0. The van der Waals surface area contributed by atoms with Crippen molar-refractivity contribution in [2.24, 2.45) is 17.3 Å². The topological polar surface area (TPSA) is 36.4 Å². The number of carbonyl (C=O) groups excluding carboxylic acids is 1. The van der Waals surface area contributed by atoms with Crippen LogP contribution in [0.1, 0.15) is 44.9 Å². The minimum atomic E-state index is 0.281. The summed E-state index contributed by atoms with van der Waals surface area (Å²) < 4.78 is 0.342. The van der Waals surface area contributed by atoms with Crippen LogP contribution in [0.3, 0.4) is 0 Å². The Morgan fingerprint density at radius 3 is 2.46 bits per heavy atom. The normalized spacial score (nSPS) is 38.7.